The van der Waals surface area contributed by atoms with E-state index in [0.717, 1.165) is 29.2 Å². The van der Waals surface area contributed by atoms with E-state index in [2.05, 4.69) is 0 Å². The number of carbonyl (C=O) groups excluding carboxylic acids is 1. The fraction of sp³-hybridized carbons (Fsp3) is 0.556. The number of carbonyl (C=O) groups is 2. The summed E-state index contributed by atoms with van der Waals surface area (Å²) in [6, 6.07) is 5.47. The molecule has 1 saturated heterocycles. The molecular formula is C18H25NO5S. The molecule has 2 rings (SSSR count). The zero-order valence-electron chi connectivity index (χ0n) is 14.7. The molecule has 1 aromatic rings. The van der Waals surface area contributed by atoms with Crippen LogP contribution in [0.2, 0.25) is 0 Å². The Hall–Kier alpha value is -1.89. The van der Waals surface area contributed by atoms with Gasteiger partial charge in [0, 0.05) is 30.5 Å². The van der Waals surface area contributed by atoms with Gasteiger partial charge in [0.1, 0.15) is 11.5 Å². The van der Waals surface area contributed by atoms with Gasteiger partial charge in [-0.2, -0.15) is 11.8 Å². The van der Waals surface area contributed by atoms with E-state index in [1.54, 1.807) is 30.9 Å². The van der Waals surface area contributed by atoms with E-state index in [4.69, 9.17) is 14.6 Å². The van der Waals surface area contributed by atoms with Crippen molar-refractivity contribution in [2.45, 2.75) is 31.7 Å². The number of hydrogen-bond acceptors (Lipinski definition) is 5. The van der Waals surface area contributed by atoms with Crippen LogP contribution in [0.3, 0.4) is 0 Å². The minimum atomic E-state index is -0.853. The van der Waals surface area contributed by atoms with Crippen molar-refractivity contribution in [3.63, 3.8) is 0 Å². The largest absolute Gasteiger partial charge is 0.497 e. The molecule has 0 spiro atoms. The third kappa shape index (κ3) is 5.56. The molecule has 0 saturated carbocycles. The van der Waals surface area contributed by atoms with Crippen LogP contribution in [0.15, 0.2) is 18.2 Å². The molecule has 0 aromatic heterocycles. The van der Waals surface area contributed by atoms with Crippen LogP contribution in [0.5, 0.6) is 11.5 Å². The predicted molar refractivity (Wildman–Crippen MR) is 97.6 cm³/mol. The van der Waals surface area contributed by atoms with E-state index in [-0.39, 0.29) is 18.4 Å². The molecule has 138 valence electrons. The minimum absolute atomic E-state index is 0.0189. The molecule has 1 aromatic carbocycles. The van der Waals surface area contributed by atoms with Gasteiger partial charge in [-0.15, -0.1) is 0 Å². The number of methoxy groups -OCH3 is 2. The average molecular weight is 367 g/mol. The molecule has 1 aliphatic heterocycles. The van der Waals surface area contributed by atoms with Crippen LogP contribution in [0.25, 0.3) is 0 Å². The van der Waals surface area contributed by atoms with Gasteiger partial charge >= 0.3 is 5.97 Å². The third-order valence-corrected chi connectivity index (χ3v) is 5.38. The van der Waals surface area contributed by atoms with Gasteiger partial charge in [0.05, 0.1) is 26.7 Å². The number of carboxylic acid groups (broad SMARTS) is 1. The Labute approximate surface area is 152 Å². The summed E-state index contributed by atoms with van der Waals surface area (Å²) in [6.45, 7) is 0.632. The summed E-state index contributed by atoms with van der Waals surface area (Å²) in [4.78, 5) is 25.2. The number of amides is 1. The highest BCUT2D eigenvalue weighted by atomic mass is 32.2. The monoisotopic (exact) mass is 367 g/mol. The molecular weight excluding hydrogens is 342 g/mol. The summed E-state index contributed by atoms with van der Waals surface area (Å²) in [5.41, 5.74) is 1.03. The first-order valence-electron chi connectivity index (χ1n) is 8.35. The summed E-state index contributed by atoms with van der Waals surface area (Å²) < 4.78 is 10.6. The van der Waals surface area contributed by atoms with Crippen LogP contribution >= 0.6 is 11.8 Å². The lowest BCUT2D eigenvalue weighted by Crippen LogP contribution is -2.47. The number of aryl methyl sites for hydroxylation is 1. The lowest BCUT2D eigenvalue weighted by Gasteiger charge is -2.34. The topological polar surface area (TPSA) is 76.1 Å². The van der Waals surface area contributed by atoms with Crippen LogP contribution in [-0.4, -0.2) is 60.2 Å². The highest BCUT2D eigenvalue weighted by molar-refractivity contribution is 7.99. The first-order chi connectivity index (χ1) is 12.0. The molecule has 0 radical (unpaired) electrons. The molecule has 1 amide bonds. The van der Waals surface area contributed by atoms with Gasteiger partial charge in [0.25, 0.3) is 0 Å². The molecule has 1 fully saturated rings. The molecule has 1 N–H and O–H groups in total. The van der Waals surface area contributed by atoms with Gasteiger partial charge in [-0.25, -0.2) is 0 Å². The van der Waals surface area contributed by atoms with Crippen LogP contribution in [0.1, 0.15) is 24.8 Å². The van der Waals surface area contributed by atoms with Crippen molar-refractivity contribution >= 4 is 23.6 Å². The molecule has 7 heteroatoms. The van der Waals surface area contributed by atoms with Crippen LogP contribution in [0.4, 0.5) is 0 Å². The molecule has 25 heavy (non-hydrogen) atoms. The fourth-order valence-electron chi connectivity index (χ4n) is 2.99. The van der Waals surface area contributed by atoms with Crippen molar-refractivity contribution < 1.29 is 24.2 Å². The van der Waals surface area contributed by atoms with E-state index >= 15 is 0 Å². The minimum Gasteiger partial charge on any atom is -0.497 e. The smallest absolute Gasteiger partial charge is 0.305 e. The maximum absolute atomic E-state index is 12.5. The Morgan fingerprint density at radius 2 is 2.12 bits per heavy atom. The number of aliphatic carboxylic acids is 1. The average Bonchev–Trinajstić information content (AvgIpc) is 2.61. The number of nitrogens with zero attached hydrogens (tertiary/aromatic N) is 1. The van der Waals surface area contributed by atoms with Gasteiger partial charge < -0.3 is 19.5 Å². The van der Waals surface area contributed by atoms with Gasteiger partial charge in [0.15, 0.2) is 0 Å². The van der Waals surface area contributed by atoms with Crippen LogP contribution in [0, 0.1) is 0 Å². The SMILES string of the molecule is COc1ccc(CCCC(=O)N2CCSCC2CC(=O)O)c(OC)c1. The maximum Gasteiger partial charge on any atom is 0.305 e. The second-order valence-corrected chi connectivity index (χ2v) is 7.09. The van der Waals surface area contributed by atoms with Crippen molar-refractivity contribution in [1.29, 1.82) is 0 Å². The molecule has 6 nitrogen and oxygen atoms in total. The first kappa shape index (κ1) is 19.4. The number of ether oxygens (including phenoxy) is 2. The van der Waals surface area contributed by atoms with Gasteiger partial charge in [0.2, 0.25) is 5.91 Å². The Bertz CT molecular complexity index is 607. The molecule has 1 aliphatic rings. The van der Waals surface area contributed by atoms with Crippen molar-refractivity contribution in [3.05, 3.63) is 23.8 Å². The van der Waals surface area contributed by atoms with Crippen LogP contribution in [-0.2, 0) is 16.0 Å². The number of carboxylic acids is 1. The third-order valence-electron chi connectivity index (χ3n) is 4.29. The summed E-state index contributed by atoms with van der Waals surface area (Å²) in [6.07, 6.45) is 1.86. The Morgan fingerprint density at radius 1 is 1.32 bits per heavy atom. The molecule has 0 bridgehead atoms. The summed E-state index contributed by atoms with van der Waals surface area (Å²) in [5.74, 6) is 2.25. The lowest BCUT2D eigenvalue weighted by molar-refractivity contribution is -0.140. The Kier molecular flexibility index (Phi) is 7.43. The Balaban J connectivity index is 1.90. The Morgan fingerprint density at radius 3 is 2.80 bits per heavy atom. The van der Waals surface area contributed by atoms with E-state index in [9.17, 15) is 9.59 Å². The summed E-state index contributed by atoms with van der Waals surface area (Å²) in [5, 5.41) is 9.02. The van der Waals surface area contributed by atoms with Gasteiger partial charge in [-0.3, -0.25) is 9.59 Å². The summed E-state index contributed by atoms with van der Waals surface area (Å²) in [7, 11) is 3.23. The van der Waals surface area contributed by atoms with E-state index in [1.165, 1.54) is 0 Å². The lowest BCUT2D eigenvalue weighted by atomic mass is 10.1. The van der Waals surface area contributed by atoms with E-state index in [0.29, 0.717) is 25.1 Å². The highest BCUT2D eigenvalue weighted by Crippen LogP contribution is 2.26. The maximum atomic E-state index is 12.5. The zero-order chi connectivity index (χ0) is 18.2. The quantitative estimate of drug-likeness (QED) is 0.761. The fourth-order valence-corrected chi connectivity index (χ4v) is 4.05. The number of thioether (sulfide) groups is 1. The standard InChI is InChI=1S/C18H25NO5S/c1-23-15-7-6-13(16(11-15)24-2)4-3-5-17(20)19-8-9-25-12-14(19)10-18(21)22/h6-7,11,14H,3-5,8-10,12H2,1-2H3,(H,21,22). The van der Waals surface area contributed by atoms with Crippen molar-refractivity contribution in [2.75, 3.05) is 32.3 Å². The van der Waals surface area contributed by atoms with E-state index in [1.807, 2.05) is 18.2 Å². The molecule has 1 unspecified atom stereocenters. The second-order valence-electron chi connectivity index (χ2n) is 5.95. The highest BCUT2D eigenvalue weighted by Gasteiger charge is 2.28. The zero-order valence-corrected chi connectivity index (χ0v) is 15.5. The first-order valence-corrected chi connectivity index (χ1v) is 9.50. The van der Waals surface area contributed by atoms with Crippen molar-refractivity contribution in [2.24, 2.45) is 0 Å². The van der Waals surface area contributed by atoms with Crippen molar-refractivity contribution in [3.8, 4) is 11.5 Å². The van der Waals surface area contributed by atoms with Gasteiger partial charge in [-0.05, 0) is 24.5 Å². The molecule has 1 atom stereocenters. The number of hydrogen-bond donors (Lipinski definition) is 1. The van der Waals surface area contributed by atoms with Gasteiger partial charge in [-0.1, -0.05) is 6.07 Å². The van der Waals surface area contributed by atoms with Crippen molar-refractivity contribution in [1.82, 2.24) is 4.90 Å². The van der Waals surface area contributed by atoms with E-state index < -0.39 is 5.97 Å². The predicted octanol–water partition coefficient (Wildman–Crippen LogP) is 2.45. The second kappa shape index (κ2) is 9.56. The number of benzene rings is 1. The molecule has 0 aliphatic carbocycles. The number of rotatable bonds is 8. The normalized spacial score (nSPS) is 17.2. The molecule has 1 heterocycles. The van der Waals surface area contributed by atoms with Crippen LogP contribution < -0.4 is 9.47 Å². The summed E-state index contributed by atoms with van der Waals surface area (Å²) >= 11 is 1.71.